The van der Waals surface area contributed by atoms with E-state index in [0.29, 0.717) is 26.9 Å². The van der Waals surface area contributed by atoms with Crippen molar-refractivity contribution in [1.29, 1.82) is 0 Å². The van der Waals surface area contributed by atoms with Gasteiger partial charge >= 0.3 is 5.97 Å². The van der Waals surface area contributed by atoms with Crippen molar-refractivity contribution in [1.82, 2.24) is 9.55 Å². The fraction of sp³-hybridized carbons (Fsp3) is 0.125. The van der Waals surface area contributed by atoms with E-state index < -0.39 is 29.0 Å². The fourth-order valence-electron chi connectivity index (χ4n) is 3.59. The first kappa shape index (κ1) is 23.0. The zero-order chi connectivity index (χ0) is 23.5. The zero-order valence-corrected chi connectivity index (χ0v) is 19.7. The van der Waals surface area contributed by atoms with Crippen LogP contribution in [-0.4, -0.2) is 27.7 Å². The second-order valence-electron chi connectivity index (χ2n) is 7.11. The minimum absolute atomic E-state index is 0.213. The first-order chi connectivity index (χ1) is 15.9. The van der Waals surface area contributed by atoms with E-state index in [1.165, 1.54) is 15.9 Å². The summed E-state index contributed by atoms with van der Waals surface area (Å²) < 4.78 is 6.07. The molecule has 0 aliphatic rings. The van der Waals surface area contributed by atoms with Crippen molar-refractivity contribution in [2.45, 2.75) is 12.5 Å². The molecule has 168 valence electrons. The molecule has 2 aromatic heterocycles. The summed E-state index contributed by atoms with van der Waals surface area (Å²) in [7, 11) is 1.16. The average molecular weight is 501 g/mol. The molecule has 2 aromatic carbocycles. The molecule has 0 saturated carbocycles. The number of benzene rings is 2. The monoisotopic (exact) mass is 500 g/mol. The van der Waals surface area contributed by atoms with E-state index in [9.17, 15) is 14.7 Å². The molecule has 1 atom stereocenters. The van der Waals surface area contributed by atoms with E-state index in [2.05, 4.69) is 4.98 Å². The van der Waals surface area contributed by atoms with Gasteiger partial charge in [0.05, 0.1) is 18.0 Å². The van der Waals surface area contributed by atoms with Crippen LogP contribution in [0.25, 0.3) is 10.7 Å². The maximum Gasteiger partial charge on any atom is 0.360 e. The van der Waals surface area contributed by atoms with E-state index in [0.717, 1.165) is 12.7 Å². The van der Waals surface area contributed by atoms with Crippen LogP contribution in [0, 0.1) is 0 Å². The topological polar surface area (TPSA) is 81.4 Å². The SMILES string of the molecule is COC(=O)c1nc(-c2cccs2)n(C(Cc2ccccc2Cl)c2ccccc2Cl)c(=O)c1O. The number of aromatic hydroxyl groups is 1. The number of methoxy groups -OCH3 is 1. The van der Waals surface area contributed by atoms with Crippen LogP contribution in [0.3, 0.4) is 0 Å². The van der Waals surface area contributed by atoms with Crippen LogP contribution >= 0.6 is 34.5 Å². The zero-order valence-electron chi connectivity index (χ0n) is 17.4. The number of carbonyl (C=O) groups is 1. The second-order valence-corrected chi connectivity index (χ2v) is 8.87. The molecule has 0 aliphatic carbocycles. The Labute approximate surface area is 203 Å². The van der Waals surface area contributed by atoms with Crippen molar-refractivity contribution >= 4 is 40.5 Å². The van der Waals surface area contributed by atoms with Gasteiger partial charge in [0.25, 0.3) is 5.56 Å². The standard InChI is InChI=1S/C24H18Cl2N2O4S/c1-32-24(31)20-21(29)23(30)28(22(27-20)19-11-6-12-33-19)18(15-8-3-5-10-17(15)26)13-14-7-2-4-9-16(14)25/h2-12,18,29H,13H2,1H3. The highest BCUT2D eigenvalue weighted by Gasteiger charge is 2.29. The van der Waals surface area contributed by atoms with Crippen molar-refractivity contribution in [3.05, 3.63) is 103 Å². The molecule has 1 unspecified atom stereocenters. The van der Waals surface area contributed by atoms with Gasteiger partial charge in [0.2, 0.25) is 5.75 Å². The molecule has 1 N–H and O–H groups in total. The number of hydrogen-bond donors (Lipinski definition) is 1. The lowest BCUT2D eigenvalue weighted by Crippen LogP contribution is -2.31. The molecule has 6 nitrogen and oxygen atoms in total. The van der Waals surface area contributed by atoms with E-state index >= 15 is 0 Å². The Morgan fingerprint density at radius 1 is 1.09 bits per heavy atom. The van der Waals surface area contributed by atoms with E-state index in [-0.39, 0.29) is 5.82 Å². The van der Waals surface area contributed by atoms with Crippen molar-refractivity contribution in [2.24, 2.45) is 0 Å². The summed E-state index contributed by atoms with van der Waals surface area (Å²) >= 11 is 14.3. The molecule has 9 heteroatoms. The molecule has 4 aromatic rings. The minimum Gasteiger partial charge on any atom is -0.501 e. The smallest absolute Gasteiger partial charge is 0.360 e. The Bertz CT molecular complexity index is 1370. The molecule has 0 radical (unpaired) electrons. The number of ether oxygens (including phenoxy) is 1. The number of halogens is 2. The van der Waals surface area contributed by atoms with Gasteiger partial charge in [-0.05, 0) is 41.1 Å². The largest absolute Gasteiger partial charge is 0.501 e. The van der Waals surface area contributed by atoms with Crippen molar-refractivity contribution in [2.75, 3.05) is 7.11 Å². The third kappa shape index (κ3) is 4.53. The number of thiophene rings is 1. The third-order valence-electron chi connectivity index (χ3n) is 5.16. The van der Waals surface area contributed by atoms with E-state index in [4.69, 9.17) is 27.9 Å². The van der Waals surface area contributed by atoms with Gasteiger partial charge < -0.3 is 9.84 Å². The van der Waals surface area contributed by atoms with Crippen LogP contribution in [0.15, 0.2) is 70.8 Å². The molecule has 2 heterocycles. The number of carbonyl (C=O) groups excluding carboxylic acids is 1. The number of aromatic nitrogens is 2. The van der Waals surface area contributed by atoms with Crippen molar-refractivity contribution < 1.29 is 14.6 Å². The van der Waals surface area contributed by atoms with Crippen molar-refractivity contribution in [3.63, 3.8) is 0 Å². The summed E-state index contributed by atoms with van der Waals surface area (Å²) in [6.07, 6.45) is 0.292. The van der Waals surface area contributed by atoms with Crippen LogP contribution in [0.5, 0.6) is 5.75 Å². The number of nitrogens with zero attached hydrogens (tertiary/aromatic N) is 2. The lowest BCUT2D eigenvalue weighted by atomic mass is 9.98. The Morgan fingerprint density at radius 3 is 2.42 bits per heavy atom. The van der Waals surface area contributed by atoms with Crippen LogP contribution in [-0.2, 0) is 11.2 Å². The lowest BCUT2D eigenvalue weighted by molar-refractivity contribution is 0.0589. The highest BCUT2D eigenvalue weighted by Crippen LogP contribution is 2.35. The molecular formula is C24H18Cl2N2O4S. The summed E-state index contributed by atoms with van der Waals surface area (Å²) in [6, 6.07) is 17.3. The van der Waals surface area contributed by atoms with Crippen LogP contribution < -0.4 is 5.56 Å². The first-order valence-corrected chi connectivity index (χ1v) is 11.5. The quantitative estimate of drug-likeness (QED) is 0.348. The van der Waals surface area contributed by atoms with Gasteiger partial charge in [0.15, 0.2) is 11.5 Å². The van der Waals surface area contributed by atoms with Crippen LogP contribution in [0.1, 0.15) is 27.7 Å². The fourth-order valence-corrected chi connectivity index (χ4v) is 4.77. The Morgan fingerprint density at radius 2 is 1.79 bits per heavy atom. The summed E-state index contributed by atoms with van der Waals surface area (Å²) in [5, 5.41) is 13.4. The number of hydrogen-bond acceptors (Lipinski definition) is 6. The third-order valence-corrected chi connectivity index (χ3v) is 6.74. The molecular weight excluding hydrogens is 483 g/mol. The van der Waals surface area contributed by atoms with Gasteiger partial charge in [-0.25, -0.2) is 9.78 Å². The molecule has 0 aliphatic heterocycles. The summed E-state index contributed by atoms with van der Waals surface area (Å²) in [6.45, 7) is 0. The molecule has 33 heavy (non-hydrogen) atoms. The normalized spacial score (nSPS) is 11.8. The van der Waals surface area contributed by atoms with Gasteiger partial charge in [-0.1, -0.05) is 65.7 Å². The molecule has 4 rings (SSSR count). The predicted octanol–water partition coefficient (Wildman–Crippen LogP) is 5.60. The van der Waals surface area contributed by atoms with E-state index in [1.54, 1.807) is 36.4 Å². The molecule has 0 amide bonds. The Kier molecular flexibility index (Phi) is 6.83. The van der Waals surface area contributed by atoms with Gasteiger partial charge in [-0.2, -0.15) is 0 Å². The van der Waals surface area contributed by atoms with Gasteiger partial charge in [0.1, 0.15) is 0 Å². The van der Waals surface area contributed by atoms with Crippen LogP contribution in [0.2, 0.25) is 10.0 Å². The van der Waals surface area contributed by atoms with Gasteiger partial charge in [-0.15, -0.1) is 11.3 Å². The summed E-state index contributed by atoms with van der Waals surface area (Å²) in [5.41, 5.74) is 0.194. The molecule has 0 fully saturated rings. The summed E-state index contributed by atoms with van der Waals surface area (Å²) in [4.78, 5) is 30.7. The number of esters is 1. The molecule has 0 bridgehead atoms. The second kappa shape index (κ2) is 9.79. The Balaban J connectivity index is 2.03. The number of rotatable bonds is 6. The maximum absolute atomic E-state index is 13.5. The first-order valence-electron chi connectivity index (χ1n) is 9.88. The van der Waals surface area contributed by atoms with E-state index in [1.807, 2.05) is 29.6 Å². The maximum atomic E-state index is 13.5. The molecule has 0 spiro atoms. The lowest BCUT2D eigenvalue weighted by Gasteiger charge is -2.25. The highest BCUT2D eigenvalue weighted by molar-refractivity contribution is 7.13. The molecule has 0 saturated heterocycles. The van der Waals surface area contributed by atoms with Crippen LogP contribution in [0.4, 0.5) is 0 Å². The van der Waals surface area contributed by atoms with Gasteiger partial charge in [0, 0.05) is 10.0 Å². The van der Waals surface area contributed by atoms with Gasteiger partial charge in [-0.3, -0.25) is 9.36 Å². The summed E-state index contributed by atoms with van der Waals surface area (Å²) in [5.74, 6) is -1.49. The minimum atomic E-state index is -0.907. The Hall–Kier alpha value is -3.13. The average Bonchev–Trinajstić information content (AvgIpc) is 3.35. The highest BCUT2D eigenvalue weighted by atomic mass is 35.5. The van der Waals surface area contributed by atoms with Crippen molar-refractivity contribution in [3.8, 4) is 16.5 Å². The predicted molar refractivity (Wildman–Crippen MR) is 130 cm³/mol.